The quantitative estimate of drug-likeness (QED) is 0.422. The first-order chi connectivity index (χ1) is 12.8. The number of carbonyl (C=O) groups is 2. The van der Waals surface area contributed by atoms with Crippen LogP contribution < -0.4 is 10.1 Å². The molecule has 0 heterocycles. The number of amides is 1. The minimum Gasteiger partial charge on any atom is -0.487 e. The van der Waals surface area contributed by atoms with E-state index in [9.17, 15) is 14.0 Å². The minimum absolute atomic E-state index is 0.167. The molecule has 4 unspecified atom stereocenters. The molecule has 6 nitrogen and oxygen atoms in total. The number of esters is 1. The first-order valence-electron chi connectivity index (χ1n) is 8.64. The fourth-order valence-electron chi connectivity index (χ4n) is 2.63. The van der Waals surface area contributed by atoms with Gasteiger partial charge < -0.3 is 14.2 Å². The number of ether oxygens (including phenoxy) is 3. The van der Waals surface area contributed by atoms with E-state index in [0.717, 1.165) is 0 Å². The summed E-state index contributed by atoms with van der Waals surface area (Å²) in [6.45, 7) is 7.01. The lowest BCUT2D eigenvalue weighted by Gasteiger charge is -2.17. The van der Waals surface area contributed by atoms with E-state index in [1.807, 2.05) is 0 Å². The number of benzene rings is 1. The molecule has 1 aliphatic carbocycles. The van der Waals surface area contributed by atoms with Crippen LogP contribution in [0.3, 0.4) is 0 Å². The summed E-state index contributed by atoms with van der Waals surface area (Å²) >= 11 is 5.94. The van der Waals surface area contributed by atoms with Gasteiger partial charge in [0.05, 0.1) is 6.61 Å². The average Bonchev–Trinajstić information content (AvgIpc) is 2.91. The zero-order chi connectivity index (χ0) is 20.0. The summed E-state index contributed by atoms with van der Waals surface area (Å²) in [6.07, 6.45) is -2.94. The third kappa shape index (κ3) is 6.13. The highest BCUT2D eigenvalue weighted by Crippen LogP contribution is 2.31. The Labute approximate surface area is 162 Å². The highest BCUT2D eigenvalue weighted by molar-refractivity contribution is 6.20. The molecule has 4 atom stereocenters. The van der Waals surface area contributed by atoms with Crippen LogP contribution in [0.2, 0.25) is 0 Å². The Hall–Kier alpha value is -2.28. The lowest BCUT2D eigenvalue weighted by Crippen LogP contribution is -2.31. The molecule has 0 radical (unpaired) electrons. The van der Waals surface area contributed by atoms with Crippen molar-refractivity contribution in [2.24, 2.45) is 0 Å². The van der Waals surface area contributed by atoms with Crippen LogP contribution in [0.25, 0.3) is 0 Å². The third-order valence-electron chi connectivity index (χ3n) is 3.93. The number of rotatable bonds is 7. The van der Waals surface area contributed by atoms with Gasteiger partial charge in [-0.2, -0.15) is 0 Å². The van der Waals surface area contributed by atoms with Crippen molar-refractivity contribution < 1.29 is 28.2 Å². The number of anilines is 1. The molecule has 1 aliphatic rings. The van der Waals surface area contributed by atoms with Gasteiger partial charge in [0.25, 0.3) is 0 Å². The first kappa shape index (κ1) is 21.0. The van der Waals surface area contributed by atoms with Crippen molar-refractivity contribution in [3.63, 3.8) is 0 Å². The second kappa shape index (κ2) is 9.60. The molecule has 1 fully saturated rings. The molecule has 2 rings (SSSR count). The predicted molar refractivity (Wildman–Crippen MR) is 100.0 cm³/mol. The van der Waals surface area contributed by atoms with Gasteiger partial charge in [0.15, 0.2) is 0 Å². The van der Waals surface area contributed by atoms with Crippen LogP contribution in [0.1, 0.15) is 26.7 Å². The summed E-state index contributed by atoms with van der Waals surface area (Å²) < 4.78 is 29.3. The van der Waals surface area contributed by atoms with Crippen molar-refractivity contribution >= 4 is 29.4 Å². The summed E-state index contributed by atoms with van der Waals surface area (Å²) in [6, 6.07) is 6.37. The van der Waals surface area contributed by atoms with Crippen LogP contribution in [-0.4, -0.2) is 42.4 Å². The predicted octanol–water partition coefficient (Wildman–Crippen LogP) is 4.23. The number of hydrogen-bond acceptors (Lipinski definition) is 5. The molecule has 27 heavy (non-hydrogen) atoms. The molecule has 0 aliphatic heterocycles. The molecular weight excluding hydrogens is 377 g/mol. The number of alkyl halides is 2. The summed E-state index contributed by atoms with van der Waals surface area (Å²) in [5, 5.41) is 2.28. The van der Waals surface area contributed by atoms with Crippen LogP contribution >= 0.6 is 11.6 Å². The van der Waals surface area contributed by atoms with Gasteiger partial charge >= 0.3 is 12.1 Å². The summed E-state index contributed by atoms with van der Waals surface area (Å²) in [5.41, 5.74) is 0.775. The normalized spacial score (nSPS) is 22.6. The summed E-state index contributed by atoms with van der Waals surface area (Å²) in [7, 11) is 0. The lowest BCUT2D eigenvalue weighted by molar-refractivity contribution is -0.150. The van der Waals surface area contributed by atoms with Crippen LogP contribution in [0.4, 0.5) is 14.9 Å². The molecule has 148 valence electrons. The molecular formula is C19H23ClFNO5. The molecule has 1 aromatic carbocycles. The maximum atomic E-state index is 13.8. The highest BCUT2D eigenvalue weighted by atomic mass is 35.5. The fourth-order valence-corrected chi connectivity index (χ4v) is 2.97. The Bertz CT molecular complexity index is 681. The van der Waals surface area contributed by atoms with Crippen molar-refractivity contribution in [2.45, 2.75) is 50.4 Å². The van der Waals surface area contributed by atoms with Crippen molar-refractivity contribution in [1.29, 1.82) is 0 Å². The lowest BCUT2D eigenvalue weighted by atomic mass is 10.2. The molecule has 1 aromatic rings. The van der Waals surface area contributed by atoms with Gasteiger partial charge in [-0.3, -0.25) is 5.32 Å². The number of halogens is 2. The van der Waals surface area contributed by atoms with Crippen molar-refractivity contribution in [2.75, 3.05) is 11.9 Å². The number of nitrogens with one attached hydrogen (secondary N) is 1. The number of carbonyl (C=O) groups excluding carboxylic acids is 2. The van der Waals surface area contributed by atoms with Crippen molar-refractivity contribution in [3.05, 3.63) is 36.4 Å². The van der Waals surface area contributed by atoms with Gasteiger partial charge in [0.1, 0.15) is 18.0 Å². The van der Waals surface area contributed by atoms with Gasteiger partial charge in [-0.25, -0.2) is 14.0 Å². The van der Waals surface area contributed by atoms with Gasteiger partial charge in [-0.05, 0) is 50.1 Å². The standard InChI is InChI=1S/C19H23ClFNO5/c1-4-25-18(23)17(11(2)3)27-19(24)22-13-5-7-14(8-6-13)26-16-10-12(20)9-15(16)21/h5-8,12,15-17H,2,4,9-10H2,1,3H3,(H,22,24). The Morgan fingerprint density at radius 2 is 2.00 bits per heavy atom. The minimum atomic E-state index is -1.18. The topological polar surface area (TPSA) is 73.9 Å². The molecule has 0 saturated heterocycles. The van der Waals surface area contributed by atoms with E-state index in [1.54, 1.807) is 38.1 Å². The third-order valence-corrected chi connectivity index (χ3v) is 4.29. The van der Waals surface area contributed by atoms with E-state index in [0.29, 0.717) is 23.4 Å². The molecule has 0 spiro atoms. The number of hydrogen-bond donors (Lipinski definition) is 1. The Morgan fingerprint density at radius 3 is 2.52 bits per heavy atom. The van der Waals surface area contributed by atoms with Gasteiger partial charge in [-0.15, -0.1) is 11.6 Å². The van der Waals surface area contributed by atoms with E-state index >= 15 is 0 Å². The van der Waals surface area contributed by atoms with E-state index in [-0.39, 0.29) is 18.4 Å². The summed E-state index contributed by atoms with van der Waals surface area (Å²) in [5.74, 6) is -0.211. The Morgan fingerprint density at radius 1 is 1.33 bits per heavy atom. The molecule has 1 amide bonds. The second-order valence-electron chi connectivity index (χ2n) is 6.27. The van der Waals surface area contributed by atoms with E-state index in [1.165, 1.54) is 0 Å². The average molecular weight is 400 g/mol. The monoisotopic (exact) mass is 399 g/mol. The van der Waals surface area contributed by atoms with Crippen LogP contribution in [0.15, 0.2) is 36.4 Å². The van der Waals surface area contributed by atoms with Crippen LogP contribution in [0.5, 0.6) is 5.75 Å². The summed E-state index contributed by atoms with van der Waals surface area (Å²) in [4.78, 5) is 23.8. The fraction of sp³-hybridized carbons (Fsp3) is 0.474. The van der Waals surface area contributed by atoms with Gasteiger partial charge in [0, 0.05) is 17.5 Å². The zero-order valence-corrected chi connectivity index (χ0v) is 16.0. The molecule has 8 heteroatoms. The van der Waals surface area contributed by atoms with E-state index in [4.69, 9.17) is 25.8 Å². The Kier molecular flexibility index (Phi) is 7.47. The molecule has 1 saturated carbocycles. The van der Waals surface area contributed by atoms with E-state index < -0.39 is 30.4 Å². The Balaban J connectivity index is 1.90. The SMILES string of the molecule is C=C(C)C(OC(=O)Nc1ccc(OC2CC(Cl)CC2F)cc1)C(=O)OCC. The van der Waals surface area contributed by atoms with Gasteiger partial charge in [0.2, 0.25) is 6.10 Å². The second-order valence-corrected chi connectivity index (χ2v) is 6.89. The van der Waals surface area contributed by atoms with E-state index in [2.05, 4.69) is 11.9 Å². The van der Waals surface area contributed by atoms with Crippen LogP contribution in [0, 0.1) is 0 Å². The highest BCUT2D eigenvalue weighted by Gasteiger charge is 2.35. The molecule has 0 aromatic heterocycles. The molecule has 1 N–H and O–H groups in total. The van der Waals surface area contributed by atoms with Crippen LogP contribution in [-0.2, 0) is 14.3 Å². The zero-order valence-electron chi connectivity index (χ0n) is 15.2. The molecule has 0 bridgehead atoms. The van der Waals surface area contributed by atoms with Crippen molar-refractivity contribution in [1.82, 2.24) is 0 Å². The largest absolute Gasteiger partial charge is 0.487 e. The van der Waals surface area contributed by atoms with Crippen molar-refractivity contribution in [3.8, 4) is 5.75 Å². The van der Waals surface area contributed by atoms with Gasteiger partial charge in [-0.1, -0.05) is 6.58 Å². The maximum Gasteiger partial charge on any atom is 0.412 e. The smallest absolute Gasteiger partial charge is 0.412 e. The maximum absolute atomic E-state index is 13.8. The first-order valence-corrected chi connectivity index (χ1v) is 9.08.